The van der Waals surface area contributed by atoms with E-state index in [0.717, 1.165) is 44.8 Å². The van der Waals surface area contributed by atoms with Gasteiger partial charge in [0.15, 0.2) is 56.4 Å². The number of amides is 16. The van der Waals surface area contributed by atoms with Crippen molar-refractivity contribution in [3.05, 3.63) is 338 Å². The number of ketones is 4. The van der Waals surface area contributed by atoms with E-state index in [0.29, 0.717) is 11.3 Å². The van der Waals surface area contributed by atoms with Gasteiger partial charge in [-0.05, 0) is 229 Å². The largest absolute Gasteiger partial charge is 0.478 e. The molecule has 0 saturated carbocycles. The van der Waals surface area contributed by atoms with Crippen molar-refractivity contribution in [2.75, 3.05) is 52.1 Å². The lowest BCUT2D eigenvalue weighted by Crippen LogP contribution is -2.44. The zero-order valence-electron chi connectivity index (χ0n) is 86.8. The number of rotatable bonds is 27. The summed E-state index contributed by atoms with van der Waals surface area (Å²) in [6.45, 7) is 31.7. The number of nitrogens with zero attached hydrogens (tertiary/aromatic N) is 8. The van der Waals surface area contributed by atoms with Gasteiger partial charge < -0.3 is 13.3 Å². The number of carboxylic acids is 1. The number of carbonyl (C=O) groups excluding carboxylic acids is 20. The molecule has 18 rings (SSSR count). The average Bonchev–Trinajstić information content (AvgIpc) is 1.59. The van der Waals surface area contributed by atoms with Gasteiger partial charge in [-0.2, -0.15) is 0 Å². The van der Waals surface area contributed by atoms with Crippen molar-refractivity contribution < 1.29 is 114 Å². The number of hydrogen-bond acceptors (Lipinski definition) is 23. The Hall–Kier alpha value is -15.7. The number of aryl methyl sites for hydroxylation is 2. The first kappa shape index (κ1) is 110. The van der Waals surface area contributed by atoms with Crippen LogP contribution >= 0.6 is 0 Å². The number of aromatic carboxylic acids is 1. The quantitative estimate of drug-likeness (QED) is 0.0284. The van der Waals surface area contributed by atoms with Crippen molar-refractivity contribution in [3.8, 4) is 0 Å². The molecule has 0 bridgehead atoms. The van der Waals surface area contributed by atoms with Crippen LogP contribution in [0.1, 0.15) is 330 Å². The summed E-state index contributed by atoms with van der Waals surface area (Å²) in [4.78, 5) is 268. The van der Waals surface area contributed by atoms with Crippen LogP contribution in [0.4, 0.5) is 11.4 Å². The van der Waals surface area contributed by atoms with Crippen LogP contribution in [0, 0.1) is 13.8 Å². The lowest BCUT2D eigenvalue weighted by molar-refractivity contribution is 0.0677. The molecule has 32 nitrogen and oxygen atoms in total. The molecular formula is C113H116N8O24Si4. The summed E-state index contributed by atoms with van der Waals surface area (Å²) in [6.07, 6.45) is 10.6. The summed E-state index contributed by atoms with van der Waals surface area (Å²) in [5.74, 6) is -10.5. The van der Waals surface area contributed by atoms with Gasteiger partial charge in [-0.1, -0.05) is 140 Å². The third-order valence-electron chi connectivity index (χ3n) is 26.9. The van der Waals surface area contributed by atoms with Crippen molar-refractivity contribution in [2.45, 2.75) is 169 Å². The average molecular weight is 2080 g/mol. The minimum atomic E-state index is -1.35. The molecule has 0 aliphatic carbocycles. The van der Waals surface area contributed by atoms with Gasteiger partial charge in [-0.15, -0.1) is 0 Å². The number of imide groups is 8. The SMILES string of the molecule is CCCC[Si](C)(C)O[Si](C)(C)CCCC.CCCC[Si](C)(C)O[Si](C)(C)CCCC.CN1C(=O)c2ccc(C(=O)c3ccc4c(c3)C(=O)N(C)C4=O)cc2C1=O.CN1C(=O)c2ccc(C(=O)c3ccc4c(c3)C(=O)N(C)C4=O)cc2C1=O.Cc1cc(C(=O)O)cc(N2C(=O)c3ccc(C(=O)c4ccc5c(c4)C(=O)N(C)C5=O)cc3C2=O)c1.Cc1cccc(N2C(=O)c3ccc(C(=O)c4ccc5c(c4)C(=O)N(C)C5=O)cc3C2=O)c1. The molecule has 1 N–H and O–H groups in total. The van der Waals surface area contributed by atoms with Gasteiger partial charge in [-0.25, -0.2) is 14.6 Å². The second-order valence-corrected chi connectivity index (χ2v) is 57.9. The standard InChI is InChI=1S/C26H16N2O7.C25H16N2O5.2C19H12N2O5.2C12H30OSi2/c1-12-7-15(26(34)35)9-16(8-12)28-24(32)18-6-4-14(11-20(18)25(28)33)21(29)13-3-5-17-19(10-13)23(31)27(2)22(17)30;1-13-4-3-5-16(10-13)27-24(31)18-9-7-15(12-20(18)25(27)32)21(28)14-6-8-17-19(11-14)23(30)26(2)22(17)29;2*1-20-16(23)11-5-3-9(7-13(11)18(20)25)15(22)10-4-6-12-14(8-10)19(26)21(2)17(12)24;2*1-7-9-11-14(3,4)13-15(5,6)12-10-8-2/h3-11H,1-2H3,(H,34,35);3-12H,1-2H3;2*3-8H,1-2H3;2*7-12H2,1-6H3. The predicted molar refractivity (Wildman–Crippen MR) is 566 cm³/mol. The number of benzene rings is 10. The summed E-state index contributed by atoms with van der Waals surface area (Å²) >= 11 is 0. The summed E-state index contributed by atoms with van der Waals surface area (Å²) in [5, 5.41) is 9.32. The van der Waals surface area contributed by atoms with E-state index in [1.54, 1.807) is 25.1 Å². The fraction of sp³-hybridized carbons (Fsp3) is 0.283. The molecule has 0 aromatic heterocycles. The molecular weight excluding hydrogens is 1970 g/mol. The van der Waals surface area contributed by atoms with E-state index in [1.807, 2.05) is 13.0 Å². The maximum Gasteiger partial charge on any atom is 0.335 e. The Labute approximate surface area is 866 Å². The second kappa shape index (κ2) is 44.1. The molecule has 768 valence electrons. The molecule has 8 aliphatic heterocycles. The summed E-state index contributed by atoms with van der Waals surface area (Å²) in [6, 6.07) is 50.7. The molecule has 149 heavy (non-hydrogen) atoms. The number of carboxylic acid groups (broad SMARTS) is 1. The van der Waals surface area contributed by atoms with Crippen LogP contribution in [0.3, 0.4) is 0 Å². The molecule has 36 heteroatoms. The highest BCUT2D eigenvalue weighted by atomic mass is 28.4. The van der Waals surface area contributed by atoms with Crippen LogP contribution in [0.2, 0.25) is 76.6 Å². The number of carbonyl (C=O) groups is 21. The predicted octanol–water partition coefficient (Wildman–Crippen LogP) is 19.0. The third kappa shape index (κ3) is 22.7. The van der Waals surface area contributed by atoms with Crippen molar-refractivity contribution in [3.63, 3.8) is 0 Å². The van der Waals surface area contributed by atoms with E-state index >= 15 is 0 Å². The molecule has 0 radical (unpaired) electrons. The Morgan fingerprint density at radius 1 is 0.228 bits per heavy atom. The number of fused-ring (bicyclic) bond motifs is 8. The fourth-order valence-corrected chi connectivity index (χ4v) is 37.2. The van der Waals surface area contributed by atoms with Gasteiger partial charge >= 0.3 is 5.97 Å². The van der Waals surface area contributed by atoms with E-state index in [2.05, 4.69) is 80.1 Å². The summed E-state index contributed by atoms with van der Waals surface area (Å²) in [5.41, 5.74) is 6.52. The topological polar surface area (TPSA) is 423 Å². The Morgan fingerprint density at radius 3 is 0.624 bits per heavy atom. The lowest BCUT2D eigenvalue weighted by atomic mass is 9.96. The first-order valence-electron chi connectivity index (χ1n) is 49.0. The Balaban J connectivity index is 0.000000153. The molecule has 8 heterocycles. The Morgan fingerprint density at radius 2 is 0.416 bits per heavy atom. The van der Waals surface area contributed by atoms with Crippen LogP contribution in [0.15, 0.2) is 188 Å². The molecule has 0 spiro atoms. The van der Waals surface area contributed by atoms with E-state index in [4.69, 9.17) is 8.23 Å². The van der Waals surface area contributed by atoms with Crippen molar-refractivity contribution >= 4 is 168 Å². The van der Waals surface area contributed by atoms with Crippen LogP contribution in [0.5, 0.6) is 0 Å². The van der Waals surface area contributed by atoms with Crippen LogP contribution in [0.25, 0.3) is 0 Å². The normalized spacial score (nSPS) is 14.7. The van der Waals surface area contributed by atoms with E-state index in [9.17, 15) is 106 Å². The van der Waals surface area contributed by atoms with E-state index in [-0.39, 0.29) is 145 Å². The zero-order valence-corrected chi connectivity index (χ0v) is 90.8. The highest BCUT2D eigenvalue weighted by Crippen LogP contribution is 2.38. The summed E-state index contributed by atoms with van der Waals surface area (Å²) in [7, 11) is 2.87. The minimum Gasteiger partial charge on any atom is -0.478 e. The van der Waals surface area contributed by atoms with E-state index in [1.165, 1.54) is 282 Å². The first-order valence-corrected chi connectivity index (χ1v) is 61.4. The molecule has 10 aromatic carbocycles. The molecule has 0 atom stereocenters. The molecule has 10 aromatic rings. The maximum atomic E-state index is 13.1. The van der Waals surface area contributed by atoms with Gasteiger partial charge in [0, 0.05) is 86.8 Å². The molecule has 0 fully saturated rings. The van der Waals surface area contributed by atoms with Crippen molar-refractivity contribution in [2.24, 2.45) is 0 Å². The van der Waals surface area contributed by atoms with Crippen molar-refractivity contribution in [1.29, 1.82) is 0 Å². The summed E-state index contributed by atoms with van der Waals surface area (Å²) < 4.78 is 13.0. The Bertz CT molecular complexity index is 7050. The second-order valence-electron chi connectivity index (χ2n) is 40.2. The lowest BCUT2D eigenvalue weighted by Gasteiger charge is -2.34. The van der Waals surface area contributed by atoms with Crippen LogP contribution < -0.4 is 9.80 Å². The monoisotopic (exact) mass is 2080 g/mol. The fourth-order valence-electron chi connectivity index (χ4n) is 18.8. The molecule has 8 aliphatic rings. The zero-order chi connectivity index (χ0) is 109. The van der Waals surface area contributed by atoms with Gasteiger partial charge in [0.25, 0.3) is 94.5 Å². The maximum absolute atomic E-state index is 13.1. The molecule has 0 unspecified atom stereocenters. The number of anilines is 2. The molecule has 16 amide bonds. The highest BCUT2D eigenvalue weighted by molar-refractivity contribution is 6.85. The van der Waals surface area contributed by atoms with Gasteiger partial charge in [0.2, 0.25) is 0 Å². The van der Waals surface area contributed by atoms with Gasteiger partial charge in [0.05, 0.1) is 106 Å². The van der Waals surface area contributed by atoms with Crippen LogP contribution in [-0.2, 0) is 8.23 Å². The molecule has 0 saturated heterocycles. The minimum absolute atomic E-state index is 0.00591. The highest BCUT2D eigenvalue weighted by Gasteiger charge is 2.45. The smallest absolute Gasteiger partial charge is 0.335 e. The van der Waals surface area contributed by atoms with Gasteiger partial charge in [-0.3, -0.25) is 125 Å². The number of unbranched alkanes of at least 4 members (excludes halogenated alkanes) is 4. The van der Waals surface area contributed by atoms with E-state index < -0.39 is 157 Å². The van der Waals surface area contributed by atoms with Crippen molar-refractivity contribution in [1.82, 2.24) is 29.4 Å². The Kier molecular flexibility index (Phi) is 32.7. The van der Waals surface area contributed by atoms with Crippen LogP contribution in [-0.4, -0.2) is 234 Å². The van der Waals surface area contributed by atoms with Gasteiger partial charge in [0.1, 0.15) is 0 Å². The number of hydrogen-bond donors (Lipinski definition) is 1. The first-order chi connectivity index (χ1) is 70.1. The third-order valence-corrected chi connectivity index (χ3v) is 41.9.